The van der Waals surface area contributed by atoms with E-state index in [1.165, 1.54) is 12.1 Å². The Kier molecular flexibility index (Phi) is 3.98. The van der Waals surface area contributed by atoms with E-state index < -0.39 is 4.92 Å². The third kappa shape index (κ3) is 3.12. The largest absolute Gasteiger partial charge is 0.384 e. The van der Waals surface area contributed by atoms with Gasteiger partial charge in [-0.3, -0.25) is 10.1 Å². The summed E-state index contributed by atoms with van der Waals surface area (Å²) in [6, 6.07) is 10.5. The van der Waals surface area contributed by atoms with E-state index in [0.29, 0.717) is 11.6 Å². The van der Waals surface area contributed by atoms with E-state index in [4.69, 9.17) is 5.73 Å². The number of hydrogen-bond acceptors (Lipinski definition) is 4. The second-order valence-electron chi connectivity index (χ2n) is 5.16. The predicted octanol–water partition coefficient (Wildman–Crippen LogP) is 3.44. The van der Waals surface area contributed by atoms with Crippen molar-refractivity contribution in [2.24, 2.45) is 5.92 Å². The van der Waals surface area contributed by atoms with Crippen LogP contribution in [0.3, 0.4) is 0 Å². The summed E-state index contributed by atoms with van der Waals surface area (Å²) in [7, 11) is 0. The number of nitrogens with two attached hydrogens (primary N) is 1. The molecule has 0 radical (unpaired) electrons. The molecule has 1 aromatic carbocycles. The third-order valence-electron chi connectivity index (χ3n) is 2.94. The van der Waals surface area contributed by atoms with Crippen LogP contribution in [0.5, 0.6) is 0 Å². The van der Waals surface area contributed by atoms with Crippen LogP contribution in [0.2, 0.25) is 0 Å². The number of hydrogen-bond donors (Lipinski definition) is 1. The van der Waals surface area contributed by atoms with Gasteiger partial charge in [0, 0.05) is 11.6 Å². The van der Waals surface area contributed by atoms with Crippen LogP contribution in [0.4, 0.5) is 11.5 Å². The Morgan fingerprint density at radius 3 is 2.70 bits per heavy atom. The number of aromatic nitrogens is 1. The summed E-state index contributed by atoms with van der Waals surface area (Å²) in [6.45, 7) is 4.27. The van der Waals surface area contributed by atoms with Crippen LogP contribution in [0.15, 0.2) is 36.4 Å². The van der Waals surface area contributed by atoms with Crippen LogP contribution in [0.25, 0.3) is 11.3 Å². The normalized spacial score (nSPS) is 10.8. The van der Waals surface area contributed by atoms with Crippen molar-refractivity contribution in [2.45, 2.75) is 20.3 Å². The van der Waals surface area contributed by atoms with Crippen molar-refractivity contribution in [3.63, 3.8) is 0 Å². The molecule has 0 fully saturated rings. The molecular weight excluding hydrogens is 254 g/mol. The van der Waals surface area contributed by atoms with E-state index in [0.717, 1.165) is 17.5 Å². The van der Waals surface area contributed by atoms with E-state index >= 15 is 0 Å². The van der Waals surface area contributed by atoms with Gasteiger partial charge < -0.3 is 5.73 Å². The fraction of sp³-hybridized carbons (Fsp3) is 0.267. The molecule has 104 valence electrons. The zero-order valence-electron chi connectivity index (χ0n) is 11.5. The van der Waals surface area contributed by atoms with Gasteiger partial charge in [0.15, 0.2) is 5.69 Å². The summed E-state index contributed by atoms with van der Waals surface area (Å²) in [4.78, 5) is 14.8. The summed E-state index contributed by atoms with van der Waals surface area (Å²) >= 11 is 0. The van der Waals surface area contributed by atoms with Gasteiger partial charge in [0.2, 0.25) is 0 Å². The maximum atomic E-state index is 11.1. The number of pyridine rings is 1. The van der Waals surface area contributed by atoms with Gasteiger partial charge in [-0.25, -0.2) is 4.98 Å². The van der Waals surface area contributed by atoms with E-state index in [9.17, 15) is 10.1 Å². The molecule has 0 saturated heterocycles. The Bertz CT molecular complexity index is 639. The van der Waals surface area contributed by atoms with Crippen molar-refractivity contribution in [3.8, 4) is 11.3 Å². The van der Waals surface area contributed by atoms with Crippen LogP contribution in [-0.2, 0) is 6.42 Å². The highest BCUT2D eigenvalue weighted by atomic mass is 16.6. The van der Waals surface area contributed by atoms with Gasteiger partial charge in [-0.05, 0) is 30.0 Å². The molecule has 2 aromatic rings. The molecular formula is C15H17N3O2. The predicted molar refractivity (Wildman–Crippen MR) is 79.3 cm³/mol. The minimum absolute atomic E-state index is 0.0269. The molecule has 2 rings (SSSR count). The molecule has 0 aliphatic carbocycles. The zero-order valence-corrected chi connectivity index (χ0v) is 11.5. The van der Waals surface area contributed by atoms with Crippen LogP contribution >= 0.6 is 0 Å². The molecule has 0 aliphatic heterocycles. The Morgan fingerprint density at radius 1 is 1.30 bits per heavy atom. The second-order valence-corrected chi connectivity index (χ2v) is 5.16. The molecule has 0 atom stereocenters. The van der Waals surface area contributed by atoms with Crippen LogP contribution in [0, 0.1) is 16.0 Å². The quantitative estimate of drug-likeness (QED) is 0.682. The summed E-state index contributed by atoms with van der Waals surface area (Å²) in [6.07, 6.45) is 0.921. The van der Waals surface area contributed by atoms with Gasteiger partial charge in [0.05, 0.1) is 4.92 Å². The van der Waals surface area contributed by atoms with Crippen molar-refractivity contribution in [1.82, 2.24) is 4.98 Å². The second kappa shape index (κ2) is 5.69. The van der Waals surface area contributed by atoms with Crippen molar-refractivity contribution in [3.05, 3.63) is 52.1 Å². The summed E-state index contributed by atoms with van der Waals surface area (Å²) < 4.78 is 0. The maximum absolute atomic E-state index is 11.1. The average Bonchev–Trinajstić information content (AvgIpc) is 2.37. The number of nitrogen functional groups attached to an aromatic ring is 1. The van der Waals surface area contributed by atoms with Gasteiger partial charge in [0.25, 0.3) is 5.69 Å². The summed E-state index contributed by atoms with van der Waals surface area (Å²) in [5.74, 6) is 0.800. The fourth-order valence-electron chi connectivity index (χ4n) is 2.14. The van der Waals surface area contributed by atoms with E-state index in [2.05, 4.69) is 18.8 Å². The molecule has 2 N–H and O–H groups in total. The minimum atomic E-state index is -0.434. The van der Waals surface area contributed by atoms with Crippen LogP contribution in [0.1, 0.15) is 19.4 Å². The summed E-state index contributed by atoms with van der Waals surface area (Å²) in [5, 5.41) is 11.1. The number of nitro groups is 1. The standard InChI is InChI=1S/C15H17N3O2/c1-10(2)8-11-4-3-5-12(9-11)15-13(18(19)20)6-7-14(16)17-15/h3-7,9-10H,8H2,1-2H3,(H2,16,17). The number of anilines is 1. The van der Waals surface area contributed by atoms with Crippen molar-refractivity contribution < 1.29 is 4.92 Å². The lowest BCUT2D eigenvalue weighted by Crippen LogP contribution is -1.99. The Morgan fingerprint density at radius 2 is 2.05 bits per heavy atom. The average molecular weight is 271 g/mol. The first-order valence-electron chi connectivity index (χ1n) is 6.47. The van der Waals surface area contributed by atoms with Gasteiger partial charge in [-0.1, -0.05) is 32.0 Å². The van der Waals surface area contributed by atoms with Gasteiger partial charge >= 0.3 is 0 Å². The molecule has 1 heterocycles. The fourth-order valence-corrected chi connectivity index (χ4v) is 2.14. The van der Waals surface area contributed by atoms with Crippen molar-refractivity contribution >= 4 is 11.5 Å². The molecule has 0 unspecified atom stereocenters. The lowest BCUT2D eigenvalue weighted by atomic mass is 9.99. The Balaban J connectivity index is 2.50. The molecule has 5 heteroatoms. The number of rotatable bonds is 4. The molecule has 0 amide bonds. The smallest absolute Gasteiger partial charge is 0.295 e. The van der Waals surface area contributed by atoms with Crippen molar-refractivity contribution in [1.29, 1.82) is 0 Å². The highest BCUT2D eigenvalue weighted by Crippen LogP contribution is 2.29. The molecule has 1 aromatic heterocycles. The zero-order chi connectivity index (χ0) is 14.7. The van der Waals surface area contributed by atoms with Crippen LogP contribution < -0.4 is 5.73 Å². The molecule has 5 nitrogen and oxygen atoms in total. The maximum Gasteiger partial charge on any atom is 0.295 e. The molecule has 0 bridgehead atoms. The first kappa shape index (κ1) is 14.0. The van der Waals surface area contributed by atoms with E-state index in [-0.39, 0.29) is 11.5 Å². The van der Waals surface area contributed by atoms with Crippen molar-refractivity contribution in [2.75, 3.05) is 5.73 Å². The molecule has 20 heavy (non-hydrogen) atoms. The van der Waals surface area contributed by atoms with Crippen LogP contribution in [-0.4, -0.2) is 9.91 Å². The highest BCUT2D eigenvalue weighted by molar-refractivity contribution is 5.71. The molecule has 0 saturated carbocycles. The first-order valence-corrected chi connectivity index (χ1v) is 6.47. The third-order valence-corrected chi connectivity index (χ3v) is 2.94. The Labute approximate surface area is 117 Å². The van der Waals surface area contributed by atoms with E-state index in [1.54, 1.807) is 0 Å². The molecule has 0 aliphatic rings. The topological polar surface area (TPSA) is 82.0 Å². The minimum Gasteiger partial charge on any atom is -0.384 e. The van der Waals surface area contributed by atoms with E-state index in [1.807, 2.05) is 24.3 Å². The molecule has 0 spiro atoms. The number of nitrogens with zero attached hydrogens (tertiary/aromatic N) is 2. The Hall–Kier alpha value is -2.43. The van der Waals surface area contributed by atoms with Gasteiger partial charge in [-0.15, -0.1) is 0 Å². The van der Waals surface area contributed by atoms with Gasteiger partial charge in [0.1, 0.15) is 5.82 Å². The monoisotopic (exact) mass is 271 g/mol. The lowest BCUT2D eigenvalue weighted by Gasteiger charge is -2.08. The SMILES string of the molecule is CC(C)Cc1cccc(-c2nc(N)ccc2[N+](=O)[O-])c1. The highest BCUT2D eigenvalue weighted by Gasteiger charge is 2.17. The lowest BCUT2D eigenvalue weighted by molar-refractivity contribution is -0.384. The number of benzene rings is 1. The summed E-state index contributed by atoms with van der Waals surface area (Å²) in [5.41, 5.74) is 7.80. The first-order chi connectivity index (χ1) is 9.47. The van der Waals surface area contributed by atoms with Gasteiger partial charge in [-0.2, -0.15) is 0 Å².